The molecule has 4 nitrogen and oxygen atoms in total. The molecule has 1 aromatic heterocycles. The Balaban J connectivity index is 2.25. The molecule has 0 aliphatic rings. The molecule has 0 saturated carbocycles. The summed E-state index contributed by atoms with van der Waals surface area (Å²) in [5.74, 6) is -0.580. The van der Waals surface area contributed by atoms with Crippen LogP contribution >= 0.6 is 22.9 Å². The Kier molecular flexibility index (Phi) is 8.08. The number of halogens is 1. The molecule has 21 heavy (non-hydrogen) atoms. The monoisotopic (exact) mass is 329 g/mol. The van der Waals surface area contributed by atoms with Crippen molar-refractivity contribution in [1.82, 2.24) is 5.32 Å². The lowest BCUT2D eigenvalue weighted by atomic mass is 9.97. The highest BCUT2D eigenvalue weighted by atomic mass is 35.5. The lowest BCUT2D eigenvalue weighted by Crippen LogP contribution is -2.24. The van der Waals surface area contributed by atoms with Gasteiger partial charge < -0.3 is 10.4 Å². The van der Waals surface area contributed by atoms with Crippen molar-refractivity contribution in [2.45, 2.75) is 32.6 Å². The minimum atomic E-state index is -0.768. The maximum atomic E-state index is 11.6. The van der Waals surface area contributed by atoms with Crippen LogP contribution in [-0.2, 0) is 9.59 Å². The molecule has 0 spiro atoms. The first-order valence-electron chi connectivity index (χ1n) is 6.94. The van der Waals surface area contributed by atoms with Gasteiger partial charge in [-0.25, -0.2) is 0 Å². The number of carboxylic acid groups (broad SMARTS) is 1. The zero-order valence-electron chi connectivity index (χ0n) is 12.0. The van der Waals surface area contributed by atoms with E-state index in [1.54, 1.807) is 12.1 Å². The molecule has 1 aromatic rings. The third-order valence-electron chi connectivity index (χ3n) is 3.19. The topological polar surface area (TPSA) is 66.4 Å². The minimum absolute atomic E-state index is 0.146. The van der Waals surface area contributed by atoms with Gasteiger partial charge in [0.25, 0.3) is 0 Å². The van der Waals surface area contributed by atoms with Crippen molar-refractivity contribution in [2.75, 3.05) is 6.54 Å². The van der Waals surface area contributed by atoms with Crippen molar-refractivity contribution in [2.24, 2.45) is 5.92 Å². The first-order chi connectivity index (χ1) is 10.0. The van der Waals surface area contributed by atoms with Gasteiger partial charge >= 0.3 is 5.97 Å². The zero-order chi connectivity index (χ0) is 15.7. The Morgan fingerprint density at radius 1 is 1.43 bits per heavy atom. The van der Waals surface area contributed by atoms with Crippen LogP contribution in [0.1, 0.15) is 37.5 Å². The van der Waals surface area contributed by atoms with E-state index in [1.165, 1.54) is 17.4 Å². The standard InChI is InChI=1S/C15H20ClNO3S/c1-2-11(3-8-15(19)20)9-10-17-14(18)7-5-12-4-6-13(16)21-12/h4-7,11H,2-3,8-10H2,1H3,(H,17,18)(H,19,20). The SMILES string of the molecule is CCC(CCNC(=O)C=Cc1ccc(Cl)s1)CCC(=O)O. The van der Waals surface area contributed by atoms with Crippen molar-refractivity contribution in [3.8, 4) is 0 Å². The van der Waals surface area contributed by atoms with E-state index in [9.17, 15) is 9.59 Å². The summed E-state index contributed by atoms with van der Waals surface area (Å²) in [5, 5.41) is 11.5. The summed E-state index contributed by atoms with van der Waals surface area (Å²) in [6, 6.07) is 3.65. The number of aliphatic carboxylic acids is 1. The summed E-state index contributed by atoms with van der Waals surface area (Å²) < 4.78 is 0.694. The van der Waals surface area contributed by atoms with Crippen LogP contribution < -0.4 is 5.32 Å². The Labute approximate surface area is 133 Å². The number of amides is 1. The quantitative estimate of drug-likeness (QED) is 0.677. The van der Waals surface area contributed by atoms with E-state index in [1.807, 2.05) is 13.0 Å². The fourth-order valence-electron chi connectivity index (χ4n) is 1.91. The second-order valence-corrected chi connectivity index (χ2v) is 6.51. The van der Waals surface area contributed by atoms with Gasteiger partial charge in [0.2, 0.25) is 5.91 Å². The van der Waals surface area contributed by atoms with Crippen LogP contribution in [0.4, 0.5) is 0 Å². The summed E-state index contributed by atoms with van der Waals surface area (Å²) >= 11 is 7.22. The van der Waals surface area contributed by atoms with Crippen molar-refractivity contribution >= 4 is 40.9 Å². The van der Waals surface area contributed by atoms with Crippen molar-refractivity contribution in [1.29, 1.82) is 0 Å². The molecule has 0 aliphatic heterocycles. The molecule has 0 bridgehead atoms. The summed E-state index contributed by atoms with van der Waals surface area (Å²) in [4.78, 5) is 23.1. The molecule has 0 aromatic carbocycles. The molecule has 2 N–H and O–H groups in total. The van der Waals surface area contributed by atoms with Crippen LogP contribution in [-0.4, -0.2) is 23.5 Å². The van der Waals surface area contributed by atoms with E-state index in [2.05, 4.69) is 5.32 Å². The van der Waals surface area contributed by atoms with E-state index in [-0.39, 0.29) is 12.3 Å². The molecule has 0 saturated heterocycles. The number of thiophene rings is 1. The first-order valence-corrected chi connectivity index (χ1v) is 8.13. The fourth-order valence-corrected chi connectivity index (χ4v) is 2.88. The zero-order valence-corrected chi connectivity index (χ0v) is 13.5. The summed E-state index contributed by atoms with van der Waals surface area (Å²) in [6.45, 7) is 2.60. The second-order valence-electron chi connectivity index (χ2n) is 4.76. The Hall–Kier alpha value is -1.33. The molecular weight excluding hydrogens is 310 g/mol. The number of carbonyl (C=O) groups is 2. The molecule has 1 atom stereocenters. The molecule has 1 heterocycles. The molecule has 6 heteroatoms. The highest BCUT2D eigenvalue weighted by molar-refractivity contribution is 7.17. The van der Waals surface area contributed by atoms with E-state index in [4.69, 9.17) is 16.7 Å². The predicted octanol–water partition coefficient (Wildman–Crippen LogP) is 3.81. The third-order valence-corrected chi connectivity index (χ3v) is 4.38. The lowest BCUT2D eigenvalue weighted by molar-refractivity contribution is -0.137. The summed E-state index contributed by atoms with van der Waals surface area (Å²) in [5.41, 5.74) is 0. The summed E-state index contributed by atoms with van der Waals surface area (Å²) in [6.07, 6.45) is 5.78. The first kappa shape index (κ1) is 17.7. The number of carbonyl (C=O) groups excluding carboxylic acids is 1. The van der Waals surface area contributed by atoms with Gasteiger partial charge in [0.05, 0.1) is 4.34 Å². The number of nitrogens with one attached hydrogen (secondary N) is 1. The number of rotatable bonds is 9. The number of carboxylic acids is 1. The molecule has 1 amide bonds. The van der Waals surface area contributed by atoms with Gasteiger partial charge in [-0.15, -0.1) is 11.3 Å². The average Bonchev–Trinajstić information content (AvgIpc) is 2.86. The van der Waals surface area contributed by atoms with Gasteiger partial charge in [-0.1, -0.05) is 24.9 Å². The van der Waals surface area contributed by atoms with E-state index in [0.29, 0.717) is 23.2 Å². The molecule has 1 unspecified atom stereocenters. The van der Waals surface area contributed by atoms with E-state index < -0.39 is 5.97 Å². The highest BCUT2D eigenvalue weighted by Crippen LogP contribution is 2.22. The highest BCUT2D eigenvalue weighted by Gasteiger charge is 2.09. The number of hydrogen-bond donors (Lipinski definition) is 2. The second kappa shape index (κ2) is 9.58. The van der Waals surface area contributed by atoms with Gasteiger partial charge in [-0.05, 0) is 37.0 Å². The lowest BCUT2D eigenvalue weighted by Gasteiger charge is -2.13. The van der Waals surface area contributed by atoms with Crippen LogP contribution in [0.5, 0.6) is 0 Å². The smallest absolute Gasteiger partial charge is 0.303 e. The molecular formula is C15H20ClNO3S. The Morgan fingerprint density at radius 3 is 2.76 bits per heavy atom. The van der Waals surface area contributed by atoms with Gasteiger partial charge in [0.15, 0.2) is 0 Å². The fraction of sp³-hybridized carbons (Fsp3) is 0.467. The minimum Gasteiger partial charge on any atom is -0.481 e. The molecule has 0 aliphatic carbocycles. The van der Waals surface area contributed by atoms with Crippen LogP contribution in [0.25, 0.3) is 6.08 Å². The average molecular weight is 330 g/mol. The van der Waals surface area contributed by atoms with E-state index >= 15 is 0 Å². The normalized spacial score (nSPS) is 12.5. The predicted molar refractivity (Wildman–Crippen MR) is 86.6 cm³/mol. The molecule has 116 valence electrons. The summed E-state index contributed by atoms with van der Waals surface area (Å²) in [7, 11) is 0. The van der Waals surface area contributed by atoms with Crippen LogP contribution in [0.15, 0.2) is 18.2 Å². The Morgan fingerprint density at radius 2 is 2.19 bits per heavy atom. The van der Waals surface area contributed by atoms with Crippen LogP contribution in [0.3, 0.4) is 0 Å². The van der Waals surface area contributed by atoms with Gasteiger partial charge in [-0.2, -0.15) is 0 Å². The maximum Gasteiger partial charge on any atom is 0.303 e. The maximum absolute atomic E-state index is 11.6. The number of hydrogen-bond acceptors (Lipinski definition) is 3. The molecule has 0 radical (unpaired) electrons. The van der Waals surface area contributed by atoms with Gasteiger partial charge in [-0.3, -0.25) is 9.59 Å². The van der Waals surface area contributed by atoms with Crippen molar-refractivity contribution < 1.29 is 14.7 Å². The van der Waals surface area contributed by atoms with E-state index in [0.717, 1.165) is 17.7 Å². The van der Waals surface area contributed by atoms with Crippen molar-refractivity contribution in [3.05, 3.63) is 27.4 Å². The molecule has 0 fully saturated rings. The molecule has 1 rings (SSSR count). The van der Waals surface area contributed by atoms with Crippen LogP contribution in [0, 0.1) is 5.92 Å². The van der Waals surface area contributed by atoms with Crippen LogP contribution in [0.2, 0.25) is 4.34 Å². The largest absolute Gasteiger partial charge is 0.481 e. The van der Waals surface area contributed by atoms with Gasteiger partial charge in [0.1, 0.15) is 0 Å². The Bertz CT molecular complexity index is 499. The van der Waals surface area contributed by atoms with Gasteiger partial charge in [0, 0.05) is 23.9 Å². The van der Waals surface area contributed by atoms with Crippen molar-refractivity contribution in [3.63, 3.8) is 0 Å². The third kappa shape index (κ3) is 7.87.